The molecule has 1 heterocycles. The zero-order chi connectivity index (χ0) is 10.1. The van der Waals surface area contributed by atoms with Crippen molar-refractivity contribution in [3.8, 4) is 5.75 Å². The van der Waals surface area contributed by atoms with Crippen LogP contribution in [0, 0.1) is 5.92 Å². The predicted molar refractivity (Wildman–Crippen MR) is 59.2 cm³/mol. The highest BCUT2D eigenvalue weighted by Crippen LogP contribution is 2.32. The summed E-state index contributed by atoms with van der Waals surface area (Å²) in [5.41, 5.74) is 1.03. The summed E-state index contributed by atoms with van der Waals surface area (Å²) in [6, 6.07) is 5.68. The fourth-order valence-corrected chi connectivity index (χ4v) is 1.69. The van der Waals surface area contributed by atoms with Crippen LogP contribution in [-0.4, -0.2) is 12.6 Å². The van der Waals surface area contributed by atoms with Crippen molar-refractivity contribution in [3.05, 3.63) is 23.2 Å². The average Bonchev–Trinajstić information content (AvgIpc) is 2.16. The summed E-state index contributed by atoms with van der Waals surface area (Å²) < 4.78 is 5.83. The van der Waals surface area contributed by atoms with Gasteiger partial charge in [0.2, 0.25) is 0 Å². The monoisotopic (exact) mass is 211 g/mol. The van der Waals surface area contributed by atoms with E-state index in [4.69, 9.17) is 16.3 Å². The molecule has 0 spiro atoms. The fourth-order valence-electron chi connectivity index (χ4n) is 1.53. The molecule has 1 aliphatic rings. The van der Waals surface area contributed by atoms with E-state index in [9.17, 15) is 0 Å². The van der Waals surface area contributed by atoms with E-state index in [0.717, 1.165) is 23.0 Å². The maximum absolute atomic E-state index is 5.90. The van der Waals surface area contributed by atoms with Crippen molar-refractivity contribution in [2.75, 3.05) is 11.9 Å². The van der Waals surface area contributed by atoms with Gasteiger partial charge in [0.25, 0.3) is 0 Å². The van der Waals surface area contributed by atoms with Crippen LogP contribution < -0.4 is 10.1 Å². The topological polar surface area (TPSA) is 21.3 Å². The first-order valence-corrected chi connectivity index (χ1v) is 5.24. The first-order valence-electron chi connectivity index (χ1n) is 4.87. The number of halogens is 1. The maximum atomic E-state index is 5.90. The molecule has 1 N–H and O–H groups in total. The van der Waals surface area contributed by atoms with E-state index in [1.807, 2.05) is 18.2 Å². The molecule has 1 unspecified atom stereocenters. The van der Waals surface area contributed by atoms with Gasteiger partial charge in [0.15, 0.2) is 0 Å². The first kappa shape index (κ1) is 9.66. The van der Waals surface area contributed by atoms with Gasteiger partial charge in [-0.05, 0) is 18.1 Å². The molecule has 0 aromatic heterocycles. The van der Waals surface area contributed by atoms with Crippen molar-refractivity contribution in [2.24, 2.45) is 5.92 Å². The summed E-state index contributed by atoms with van der Waals surface area (Å²) >= 11 is 5.90. The molecule has 0 saturated carbocycles. The van der Waals surface area contributed by atoms with Gasteiger partial charge in [0.05, 0.1) is 12.2 Å². The van der Waals surface area contributed by atoms with Gasteiger partial charge in [0.1, 0.15) is 11.9 Å². The van der Waals surface area contributed by atoms with Gasteiger partial charge in [-0.25, -0.2) is 0 Å². The van der Waals surface area contributed by atoms with Crippen LogP contribution in [0.25, 0.3) is 0 Å². The summed E-state index contributed by atoms with van der Waals surface area (Å²) in [5.74, 6) is 1.37. The van der Waals surface area contributed by atoms with Gasteiger partial charge in [-0.2, -0.15) is 0 Å². The van der Waals surface area contributed by atoms with Gasteiger partial charge in [0, 0.05) is 11.1 Å². The molecule has 76 valence electrons. The van der Waals surface area contributed by atoms with Gasteiger partial charge in [-0.3, -0.25) is 0 Å². The molecule has 2 nitrogen and oxygen atoms in total. The third-order valence-corrected chi connectivity index (χ3v) is 2.69. The lowest BCUT2D eigenvalue weighted by Gasteiger charge is -2.29. The molecule has 0 saturated heterocycles. The molecule has 3 heteroatoms. The number of ether oxygens (including phenoxy) is 1. The Balaban J connectivity index is 2.24. The van der Waals surface area contributed by atoms with Crippen molar-refractivity contribution >= 4 is 17.3 Å². The minimum absolute atomic E-state index is 0.237. The SMILES string of the molecule is CC(C)C1CNc2ccc(Cl)cc2O1. The highest BCUT2D eigenvalue weighted by molar-refractivity contribution is 6.30. The van der Waals surface area contributed by atoms with E-state index in [1.165, 1.54) is 0 Å². The molecule has 0 radical (unpaired) electrons. The lowest BCUT2D eigenvalue weighted by molar-refractivity contribution is 0.156. The molecule has 0 bridgehead atoms. The molecule has 0 fully saturated rings. The van der Waals surface area contributed by atoms with Crippen LogP contribution in [0.4, 0.5) is 5.69 Å². The van der Waals surface area contributed by atoms with E-state index in [1.54, 1.807) is 0 Å². The zero-order valence-corrected chi connectivity index (χ0v) is 9.14. The van der Waals surface area contributed by atoms with Gasteiger partial charge >= 0.3 is 0 Å². The Labute approximate surface area is 89.2 Å². The van der Waals surface area contributed by atoms with Crippen LogP contribution in [0.1, 0.15) is 13.8 Å². The minimum atomic E-state index is 0.237. The average molecular weight is 212 g/mol. The molecular weight excluding hydrogens is 198 g/mol. The van der Waals surface area contributed by atoms with E-state index in [0.29, 0.717) is 5.92 Å². The van der Waals surface area contributed by atoms with Gasteiger partial charge in [-0.15, -0.1) is 0 Å². The lowest BCUT2D eigenvalue weighted by Crippen LogP contribution is -2.34. The van der Waals surface area contributed by atoms with Crippen LogP contribution >= 0.6 is 11.6 Å². The number of hydrogen-bond donors (Lipinski definition) is 1. The van der Waals surface area contributed by atoms with Crippen LogP contribution in [0.2, 0.25) is 5.02 Å². The molecule has 1 aromatic rings. The molecule has 2 rings (SSSR count). The Kier molecular flexibility index (Phi) is 2.55. The normalized spacial score (nSPS) is 19.9. The van der Waals surface area contributed by atoms with Crippen molar-refractivity contribution in [1.82, 2.24) is 0 Å². The van der Waals surface area contributed by atoms with E-state index < -0.39 is 0 Å². The van der Waals surface area contributed by atoms with Crippen LogP contribution in [0.5, 0.6) is 5.75 Å². The molecule has 1 aromatic carbocycles. The second-order valence-corrected chi connectivity index (χ2v) is 4.36. The highest BCUT2D eigenvalue weighted by Gasteiger charge is 2.21. The Hall–Kier alpha value is -0.890. The number of anilines is 1. The summed E-state index contributed by atoms with van der Waals surface area (Å²) in [6.07, 6.45) is 0.237. The highest BCUT2D eigenvalue weighted by atomic mass is 35.5. The summed E-state index contributed by atoms with van der Waals surface area (Å²) in [6.45, 7) is 5.18. The minimum Gasteiger partial charge on any atom is -0.486 e. The van der Waals surface area contributed by atoms with E-state index in [2.05, 4.69) is 19.2 Å². The standard InChI is InChI=1S/C11H14ClNO/c1-7(2)11-6-13-9-4-3-8(12)5-10(9)14-11/h3-5,7,11,13H,6H2,1-2H3. The second kappa shape index (κ2) is 3.70. The third kappa shape index (κ3) is 1.80. The number of nitrogens with one attached hydrogen (secondary N) is 1. The summed E-state index contributed by atoms with van der Waals surface area (Å²) in [4.78, 5) is 0. The Bertz CT molecular complexity index is 338. The molecule has 1 atom stereocenters. The molecular formula is C11H14ClNO. The number of hydrogen-bond acceptors (Lipinski definition) is 2. The van der Waals surface area contributed by atoms with Crippen molar-refractivity contribution < 1.29 is 4.74 Å². The van der Waals surface area contributed by atoms with Crippen LogP contribution in [0.3, 0.4) is 0 Å². The Morgan fingerprint density at radius 3 is 3.00 bits per heavy atom. The lowest BCUT2D eigenvalue weighted by atomic mass is 10.1. The van der Waals surface area contributed by atoms with Crippen molar-refractivity contribution in [2.45, 2.75) is 20.0 Å². The van der Waals surface area contributed by atoms with Crippen LogP contribution in [0.15, 0.2) is 18.2 Å². The second-order valence-electron chi connectivity index (χ2n) is 3.92. The zero-order valence-electron chi connectivity index (χ0n) is 8.38. The summed E-state index contributed by atoms with van der Waals surface area (Å²) in [5, 5.41) is 4.06. The van der Waals surface area contributed by atoms with Crippen molar-refractivity contribution in [1.29, 1.82) is 0 Å². The number of rotatable bonds is 1. The van der Waals surface area contributed by atoms with E-state index in [-0.39, 0.29) is 6.10 Å². The quantitative estimate of drug-likeness (QED) is 0.771. The van der Waals surface area contributed by atoms with Gasteiger partial charge < -0.3 is 10.1 Å². The van der Waals surface area contributed by atoms with Crippen molar-refractivity contribution in [3.63, 3.8) is 0 Å². The molecule has 0 amide bonds. The predicted octanol–water partition coefficient (Wildman–Crippen LogP) is 3.17. The smallest absolute Gasteiger partial charge is 0.144 e. The van der Waals surface area contributed by atoms with E-state index >= 15 is 0 Å². The molecule has 14 heavy (non-hydrogen) atoms. The number of fused-ring (bicyclic) bond motifs is 1. The fraction of sp³-hybridized carbons (Fsp3) is 0.455. The number of benzene rings is 1. The van der Waals surface area contributed by atoms with Gasteiger partial charge in [-0.1, -0.05) is 25.4 Å². The summed E-state index contributed by atoms with van der Waals surface area (Å²) in [7, 11) is 0. The molecule has 0 aliphatic carbocycles. The third-order valence-electron chi connectivity index (χ3n) is 2.46. The Morgan fingerprint density at radius 2 is 2.29 bits per heavy atom. The Morgan fingerprint density at radius 1 is 1.50 bits per heavy atom. The maximum Gasteiger partial charge on any atom is 0.144 e. The van der Waals surface area contributed by atoms with Crippen LogP contribution in [-0.2, 0) is 0 Å². The first-order chi connectivity index (χ1) is 6.66. The molecule has 1 aliphatic heterocycles. The largest absolute Gasteiger partial charge is 0.486 e.